The number of halogens is 1. The van der Waals surface area contributed by atoms with Crippen LogP contribution in [0.1, 0.15) is 30.0 Å². The van der Waals surface area contributed by atoms with E-state index in [9.17, 15) is 4.79 Å². The summed E-state index contributed by atoms with van der Waals surface area (Å²) in [6.45, 7) is 2.45. The number of methoxy groups -OCH3 is 1. The number of hydrogen-bond acceptors (Lipinski definition) is 3. The molecule has 1 amide bonds. The lowest BCUT2D eigenvalue weighted by Gasteiger charge is -2.27. The molecule has 1 fully saturated rings. The van der Waals surface area contributed by atoms with Gasteiger partial charge in [-0.3, -0.25) is 9.69 Å². The molecule has 2 aromatic carbocycles. The molecule has 0 aliphatic carbocycles. The first-order valence-corrected chi connectivity index (χ1v) is 9.35. The van der Waals surface area contributed by atoms with Crippen LogP contribution >= 0.6 is 15.9 Å². The SMILES string of the molecule is COCc1cccc(NC(=O)[C@H](c2ccc(Br)cc2)N2CCCC2)c1. The second kappa shape index (κ2) is 8.61. The summed E-state index contributed by atoms with van der Waals surface area (Å²) in [5.74, 6) is 0.0128. The molecule has 1 saturated heterocycles. The molecule has 4 nitrogen and oxygen atoms in total. The molecule has 5 heteroatoms. The zero-order valence-electron chi connectivity index (χ0n) is 14.4. The average molecular weight is 403 g/mol. The van der Waals surface area contributed by atoms with Crippen LogP contribution in [0.4, 0.5) is 5.69 Å². The van der Waals surface area contributed by atoms with Crippen LogP contribution < -0.4 is 5.32 Å². The summed E-state index contributed by atoms with van der Waals surface area (Å²) in [6, 6.07) is 15.6. The van der Waals surface area contributed by atoms with Crippen molar-refractivity contribution in [1.82, 2.24) is 4.90 Å². The lowest BCUT2D eigenvalue weighted by atomic mass is 10.0. The van der Waals surface area contributed by atoms with Crippen LogP contribution in [0.15, 0.2) is 53.0 Å². The topological polar surface area (TPSA) is 41.6 Å². The molecule has 25 heavy (non-hydrogen) atoms. The van der Waals surface area contributed by atoms with E-state index in [0.29, 0.717) is 6.61 Å². The Morgan fingerprint density at radius 1 is 1.20 bits per heavy atom. The maximum absolute atomic E-state index is 13.1. The number of ether oxygens (including phenoxy) is 1. The van der Waals surface area contributed by atoms with Crippen LogP contribution in [-0.2, 0) is 16.1 Å². The zero-order chi connectivity index (χ0) is 17.6. The minimum absolute atomic E-state index is 0.0128. The van der Waals surface area contributed by atoms with Crippen LogP contribution in [0.2, 0.25) is 0 Å². The van der Waals surface area contributed by atoms with Crippen molar-refractivity contribution in [3.05, 3.63) is 64.1 Å². The first kappa shape index (κ1) is 18.1. The highest BCUT2D eigenvalue weighted by atomic mass is 79.9. The summed E-state index contributed by atoms with van der Waals surface area (Å²) in [5, 5.41) is 3.08. The van der Waals surface area contributed by atoms with Crippen LogP contribution in [0.25, 0.3) is 0 Å². The van der Waals surface area contributed by atoms with Crippen molar-refractivity contribution in [2.24, 2.45) is 0 Å². The Morgan fingerprint density at radius 3 is 2.60 bits per heavy atom. The second-order valence-corrected chi connectivity index (χ2v) is 7.24. The number of likely N-dealkylation sites (tertiary alicyclic amines) is 1. The summed E-state index contributed by atoms with van der Waals surface area (Å²) >= 11 is 3.47. The maximum atomic E-state index is 13.1. The number of carbonyl (C=O) groups excluding carboxylic acids is 1. The Kier molecular flexibility index (Phi) is 6.24. The number of hydrogen-bond donors (Lipinski definition) is 1. The number of benzene rings is 2. The Hall–Kier alpha value is -1.69. The monoisotopic (exact) mass is 402 g/mol. The van der Waals surface area contributed by atoms with Gasteiger partial charge in [-0.25, -0.2) is 0 Å². The van der Waals surface area contributed by atoms with E-state index >= 15 is 0 Å². The van der Waals surface area contributed by atoms with Gasteiger partial charge in [0.2, 0.25) is 5.91 Å². The first-order valence-electron chi connectivity index (χ1n) is 8.55. The van der Waals surface area contributed by atoms with Gasteiger partial charge in [0.15, 0.2) is 0 Å². The fourth-order valence-corrected chi connectivity index (χ4v) is 3.55. The number of nitrogens with one attached hydrogen (secondary N) is 1. The van der Waals surface area contributed by atoms with E-state index in [1.807, 2.05) is 48.5 Å². The molecule has 2 aromatic rings. The van der Waals surface area contributed by atoms with Crippen LogP contribution in [-0.4, -0.2) is 31.0 Å². The third kappa shape index (κ3) is 4.69. The first-order chi connectivity index (χ1) is 12.2. The van der Waals surface area contributed by atoms with Crippen LogP contribution in [0.5, 0.6) is 0 Å². The van der Waals surface area contributed by atoms with Crippen molar-refractivity contribution in [2.75, 3.05) is 25.5 Å². The Labute approximate surface area is 157 Å². The quantitative estimate of drug-likeness (QED) is 0.779. The molecule has 0 radical (unpaired) electrons. The van der Waals surface area contributed by atoms with Gasteiger partial charge in [0.1, 0.15) is 6.04 Å². The number of carbonyl (C=O) groups is 1. The largest absolute Gasteiger partial charge is 0.380 e. The molecule has 1 aliphatic rings. The van der Waals surface area contributed by atoms with Gasteiger partial charge < -0.3 is 10.1 Å². The van der Waals surface area contributed by atoms with E-state index in [1.165, 1.54) is 0 Å². The molecule has 132 valence electrons. The van der Waals surface area contributed by atoms with Gasteiger partial charge in [-0.2, -0.15) is 0 Å². The van der Waals surface area contributed by atoms with Crippen molar-refractivity contribution in [3.8, 4) is 0 Å². The van der Waals surface area contributed by atoms with E-state index in [1.54, 1.807) is 7.11 Å². The minimum Gasteiger partial charge on any atom is -0.380 e. The summed E-state index contributed by atoms with van der Waals surface area (Å²) in [5.41, 5.74) is 2.87. The lowest BCUT2D eigenvalue weighted by Crippen LogP contribution is -2.35. The molecule has 0 bridgehead atoms. The molecule has 0 unspecified atom stereocenters. The highest BCUT2D eigenvalue weighted by Crippen LogP contribution is 2.28. The number of rotatable bonds is 6. The number of amides is 1. The van der Waals surface area contributed by atoms with Crippen molar-refractivity contribution < 1.29 is 9.53 Å². The Balaban J connectivity index is 1.81. The van der Waals surface area contributed by atoms with Crippen molar-refractivity contribution >= 4 is 27.5 Å². The van der Waals surface area contributed by atoms with Crippen LogP contribution in [0.3, 0.4) is 0 Å². The standard InChI is InChI=1S/C20H23BrN2O2/c1-25-14-15-5-4-6-18(13-15)22-20(24)19(23-11-2-3-12-23)16-7-9-17(21)10-8-16/h4-10,13,19H,2-3,11-12,14H2,1H3,(H,22,24)/t19-/m0/s1. The van der Waals surface area contributed by atoms with E-state index in [0.717, 1.165) is 47.2 Å². The van der Waals surface area contributed by atoms with Crippen molar-refractivity contribution in [3.63, 3.8) is 0 Å². The molecule has 1 N–H and O–H groups in total. The van der Waals surface area contributed by atoms with Gasteiger partial charge in [0.05, 0.1) is 6.61 Å². The molecule has 0 aromatic heterocycles. The number of anilines is 1. The molecule has 0 spiro atoms. The molecule has 0 saturated carbocycles. The van der Waals surface area contributed by atoms with Gasteiger partial charge in [-0.15, -0.1) is 0 Å². The van der Waals surface area contributed by atoms with E-state index in [4.69, 9.17) is 4.74 Å². The third-order valence-corrected chi connectivity index (χ3v) is 4.97. The third-order valence-electron chi connectivity index (χ3n) is 4.45. The zero-order valence-corrected chi connectivity index (χ0v) is 16.0. The van der Waals surface area contributed by atoms with Crippen molar-refractivity contribution in [1.29, 1.82) is 0 Å². The summed E-state index contributed by atoms with van der Waals surface area (Å²) in [4.78, 5) is 15.3. The van der Waals surface area contributed by atoms with E-state index in [2.05, 4.69) is 26.1 Å². The summed E-state index contributed by atoms with van der Waals surface area (Å²) < 4.78 is 6.19. The Bertz CT molecular complexity index is 712. The van der Waals surface area contributed by atoms with Gasteiger partial charge in [-0.05, 0) is 61.3 Å². The molecular weight excluding hydrogens is 380 g/mol. The van der Waals surface area contributed by atoms with E-state index in [-0.39, 0.29) is 11.9 Å². The lowest BCUT2D eigenvalue weighted by molar-refractivity contribution is -0.121. The molecule has 1 atom stereocenters. The fourth-order valence-electron chi connectivity index (χ4n) is 3.29. The molecule has 3 rings (SSSR count). The van der Waals surface area contributed by atoms with Gasteiger partial charge in [-0.1, -0.05) is 40.2 Å². The van der Waals surface area contributed by atoms with Crippen molar-refractivity contribution in [2.45, 2.75) is 25.5 Å². The summed E-state index contributed by atoms with van der Waals surface area (Å²) in [7, 11) is 1.67. The smallest absolute Gasteiger partial charge is 0.246 e. The average Bonchev–Trinajstić information content (AvgIpc) is 3.11. The maximum Gasteiger partial charge on any atom is 0.246 e. The highest BCUT2D eigenvalue weighted by Gasteiger charge is 2.29. The van der Waals surface area contributed by atoms with Gasteiger partial charge >= 0.3 is 0 Å². The molecule has 1 heterocycles. The molecular formula is C20H23BrN2O2. The fraction of sp³-hybridized carbons (Fsp3) is 0.350. The number of nitrogens with zero attached hydrogens (tertiary/aromatic N) is 1. The van der Waals surface area contributed by atoms with E-state index < -0.39 is 0 Å². The second-order valence-electron chi connectivity index (χ2n) is 6.32. The van der Waals surface area contributed by atoms with Gasteiger partial charge in [0, 0.05) is 17.3 Å². The predicted octanol–water partition coefficient (Wildman–Crippen LogP) is 4.37. The summed E-state index contributed by atoms with van der Waals surface area (Å²) in [6.07, 6.45) is 2.28. The molecule has 1 aliphatic heterocycles. The van der Waals surface area contributed by atoms with Gasteiger partial charge in [0.25, 0.3) is 0 Å². The minimum atomic E-state index is -0.262. The predicted molar refractivity (Wildman–Crippen MR) is 103 cm³/mol. The Morgan fingerprint density at radius 2 is 1.92 bits per heavy atom. The normalized spacial score (nSPS) is 15.9. The van der Waals surface area contributed by atoms with Crippen LogP contribution in [0, 0.1) is 0 Å². The highest BCUT2D eigenvalue weighted by molar-refractivity contribution is 9.10.